The molecule has 4 atom stereocenters. The fourth-order valence-electron chi connectivity index (χ4n) is 5.07. The van der Waals surface area contributed by atoms with Crippen LogP contribution < -0.4 is 0 Å². The van der Waals surface area contributed by atoms with Crippen molar-refractivity contribution in [3.05, 3.63) is 0 Å². The molecule has 90 valence electrons. The van der Waals surface area contributed by atoms with E-state index in [4.69, 9.17) is 0 Å². The average molecular weight is 220 g/mol. The van der Waals surface area contributed by atoms with Crippen molar-refractivity contribution in [2.45, 2.75) is 59.3 Å². The van der Waals surface area contributed by atoms with Gasteiger partial charge in [-0.05, 0) is 48.9 Å². The normalized spacial score (nSPS) is 50.2. The molecule has 0 N–H and O–H groups in total. The molecule has 4 aliphatic rings. The lowest BCUT2D eigenvalue weighted by Gasteiger charge is -2.66. The quantitative estimate of drug-likeness (QED) is 0.606. The summed E-state index contributed by atoms with van der Waals surface area (Å²) >= 11 is 0. The Morgan fingerprint density at radius 2 is 2.00 bits per heavy atom. The Bertz CT molecular complexity index is 330. The number of carbonyl (C=O) groups is 1. The fraction of sp³-hybridized carbons (Fsp3) is 0.933. The molecule has 1 nitrogen and oxygen atoms in total. The zero-order valence-electron chi connectivity index (χ0n) is 10.9. The van der Waals surface area contributed by atoms with Gasteiger partial charge in [0.1, 0.15) is 5.78 Å². The van der Waals surface area contributed by atoms with E-state index in [1.54, 1.807) is 0 Å². The van der Waals surface area contributed by atoms with Gasteiger partial charge in [0, 0.05) is 11.8 Å². The Morgan fingerprint density at radius 3 is 2.56 bits per heavy atom. The molecule has 0 saturated heterocycles. The van der Waals surface area contributed by atoms with E-state index in [1.807, 2.05) is 0 Å². The fourth-order valence-corrected chi connectivity index (χ4v) is 5.07. The van der Waals surface area contributed by atoms with Crippen LogP contribution >= 0.6 is 0 Å². The van der Waals surface area contributed by atoms with Crippen molar-refractivity contribution >= 4 is 5.78 Å². The zero-order valence-corrected chi connectivity index (χ0v) is 10.9. The smallest absolute Gasteiger partial charge is 0.139 e. The van der Waals surface area contributed by atoms with E-state index >= 15 is 0 Å². The van der Waals surface area contributed by atoms with Gasteiger partial charge in [-0.1, -0.05) is 27.2 Å². The van der Waals surface area contributed by atoms with Gasteiger partial charge < -0.3 is 0 Å². The van der Waals surface area contributed by atoms with Crippen molar-refractivity contribution in [1.82, 2.24) is 0 Å². The molecular formula is C15H24O. The van der Waals surface area contributed by atoms with Gasteiger partial charge in [0.15, 0.2) is 0 Å². The Balaban J connectivity index is 1.92. The third-order valence-electron chi connectivity index (χ3n) is 6.46. The lowest BCUT2D eigenvalue weighted by atomic mass is 9.38. The van der Waals surface area contributed by atoms with E-state index in [0.29, 0.717) is 17.1 Å². The monoisotopic (exact) mass is 220 g/mol. The molecule has 0 aromatic heterocycles. The molecule has 2 bridgehead atoms. The summed E-state index contributed by atoms with van der Waals surface area (Å²) in [6, 6.07) is 0. The van der Waals surface area contributed by atoms with Crippen LogP contribution in [0.5, 0.6) is 0 Å². The molecule has 0 heterocycles. The highest BCUT2D eigenvalue weighted by molar-refractivity contribution is 5.86. The van der Waals surface area contributed by atoms with E-state index in [9.17, 15) is 4.79 Å². The standard InChI is InChI=1S/C15H24O/c1-10-12-8-11(14(12,2)3)9-15(10)7-5-4-6-13(15)16/h10-12H,4-9H2,1-3H3. The maximum atomic E-state index is 12.4. The first-order valence-electron chi connectivity index (χ1n) is 7.02. The van der Waals surface area contributed by atoms with Crippen molar-refractivity contribution < 1.29 is 4.79 Å². The Morgan fingerprint density at radius 1 is 1.25 bits per heavy atom. The minimum Gasteiger partial charge on any atom is -0.299 e. The van der Waals surface area contributed by atoms with E-state index in [2.05, 4.69) is 20.8 Å². The zero-order chi connectivity index (χ0) is 11.6. The third kappa shape index (κ3) is 1.10. The highest BCUT2D eigenvalue weighted by Gasteiger charge is 2.63. The maximum Gasteiger partial charge on any atom is 0.139 e. The van der Waals surface area contributed by atoms with Gasteiger partial charge in [-0.2, -0.15) is 0 Å². The van der Waals surface area contributed by atoms with Gasteiger partial charge in [0.2, 0.25) is 0 Å². The number of carbonyl (C=O) groups excluding carboxylic acids is 1. The van der Waals surface area contributed by atoms with Crippen molar-refractivity contribution in [3.8, 4) is 0 Å². The summed E-state index contributed by atoms with van der Waals surface area (Å²) in [5.41, 5.74) is 0.629. The van der Waals surface area contributed by atoms with Crippen LogP contribution in [0.2, 0.25) is 0 Å². The minimum absolute atomic E-state index is 0.112. The van der Waals surface area contributed by atoms with Crippen LogP contribution in [0.3, 0.4) is 0 Å². The molecular weight excluding hydrogens is 196 g/mol. The summed E-state index contributed by atoms with van der Waals surface area (Å²) in [5.74, 6) is 2.89. The molecule has 4 unspecified atom stereocenters. The van der Waals surface area contributed by atoms with Crippen LogP contribution in [0, 0.1) is 28.6 Å². The molecule has 0 radical (unpaired) electrons. The number of hydrogen-bond acceptors (Lipinski definition) is 1. The average Bonchev–Trinajstić information content (AvgIpc) is 2.25. The molecule has 4 aliphatic carbocycles. The number of Topliss-reactive ketones (excluding diaryl/α,β-unsaturated/α-hetero) is 1. The summed E-state index contributed by atoms with van der Waals surface area (Å²) in [6.07, 6.45) is 7.09. The predicted octanol–water partition coefficient (Wildman–Crippen LogP) is 3.82. The summed E-state index contributed by atoms with van der Waals surface area (Å²) in [4.78, 5) is 12.4. The van der Waals surface area contributed by atoms with Gasteiger partial charge in [-0.3, -0.25) is 4.79 Å². The van der Waals surface area contributed by atoms with Crippen molar-refractivity contribution in [2.75, 3.05) is 0 Å². The largest absolute Gasteiger partial charge is 0.299 e. The molecule has 4 rings (SSSR count). The lowest BCUT2D eigenvalue weighted by Crippen LogP contribution is -2.61. The molecule has 16 heavy (non-hydrogen) atoms. The SMILES string of the molecule is CC1C2CC(CC13CCCCC3=O)C2(C)C. The Kier molecular flexibility index (Phi) is 2.10. The number of ketones is 1. The van der Waals surface area contributed by atoms with E-state index in [1.165, 1.54) is 25.7 Å². The molecule has 0 aromatic carbocycles. The summed E-state index contributed by atoms with van der Waals surface area (Å²) in [5, 5.41) is 0. The predicted molar refractivity (Wildman–Crippen MR) is 65.1 cm³/mol. The molecule has 4 fully saturated rings. The van der Waals surface area contributed by atoms with Crippen LogP contribution in [0.15, 0.2) is 0 Å². The first kappa shape index (κ1) is 10.8. The molecule has 1 spiro atoms. The van der Waals surface area contributed by atoms with Crippen LogP contribution in [0.4, 0.5) is 0 Å². The number of hydrogen-bond donors (Lipinski definition) is 0. The summed E-state index contributed by atoms with van der Waals surface area (Å²) in [6.45, 7) is 7.20. The van der Waals surface area contributed by atoms with Crippen LogP contribution in [-0.4, -0.2) is 5.78 Å². The third-order valence-corrected chi connectivity index (χ3v) is 6.46. The summed E-state index contributed by atoms with van der Waals surface area (Å²) < 4.78 is 0. The van der Waals surface area contributed by atoms with Crippen LogP contribution in [0.25, 0.3) is 0 Å². The Labute approximate surface area is 99.0 Å². The molecule has 4 saturated carbocycles. The number of rotatable bonds is 0. The van der Waals surface area contributed by atoms with E-state index < -0.39 is 0 Å². The molecule has 0 aliphatic heterocycles. The first-order valence-corrected chi connectivity index (χ1v) is 7.02. The van der Waals surface area contributed by atoms with E-state index in [0.717, 1.165) is 24.7 Å². The van der Waals surface area contributed by atoms with Gasteiger partial charge >= 0.3 is 0 Å². The second-order valence-corrected chi connectivity index (χ2v) is 7.14. The molecule has 1 heteroatoms. The van der Waals surface area contributed by atoms with Crippen molar-refractivity contribution in [3.63, 3.8) is 0 Å². The minimum atomic E-state index is 0.112. The highest BCUT2D eigenvalue weighted by Crippen LogP contribution is 2.68. The van der Waals surface area contributed by atoms with Gasteiger partial charge in [0.05, 0.1) is 0 Å². The lowest BCUT2D eigenvalue weighted by molar-refractivity contribution is -0.185. The molecule has 0 amide bonds. The maximum absolute atomic E-state index is 12.4. The topological polar surface area (TPSA) is 17.1 Å². The van der Waals surface area contributed by atoms with Gasteiger partial charge in [-0.15, -0.1) is 0 Å². The van der Waals surface area contributed by atoms with Gasteiger partial charge in [0.25, 0.3) is 0 Å². The van der Waals surface area contributed by atoms with Crippen molar-refractivity contribution in [1.29, 1.82) is 0 Å². The van der Waals surface area contributed by atoms with Crippen LogP contribution in [0.1, 0.15) is 59.3 Å². The van der Waals surface area contributed by atoms with Gasteiger partial charge in [-0.25, -0.2) is 0 Å². The van der Waals surface area contributed by atoms with E-state index in [-0.39, 0.29) is 5.41 Å². The highest BCUT2D eigenvalue weighted by atomic mass is 16.1. The Hall–Kier alpha value is -0.330. The molecule has 0 aromatic rings. The van der Waals surface area contributed by atoms with Crippen molar-refractivity contribution in [2.24, 2.45) is 28.6 Å². The second-order valence-electron chi connectivity index (χ2n) is 7.14. The first-order chi connectivity index (χ1) is 7.48. The second kappa shape index (κ2) is 3.11. The summed E-state index contributed by atoms with van der Waals surface area (Å²) in [7, 11) is 0. The van der Waals surface area contributed by atoms with Crippen LogP contribution in [-0.2, 0) is 4.79 Å².